The molecule has 0 unspecified atom stereocenters. The first-order valence-corrected chi connectivity index (χ1v) is 10.2. The summed E-state index contributed by atoms with van der Waals surface area (Å²) in [4.78, 5) is 20.4. The van der Waals surface area contributed by atoms with Crippen molar-refractivity contribution in [2.45, 2.75) is 26.0 Å². The van der Waals surface area contributed by atoms with Crippen molar-refractivity contribution in [2.24, 2.45) is 0 Å². The van der Waals surface area contributed by atoms with Gasteiger partial charge in [-0.2, -0.15) is 5.10 Å². The van der Waals surface area contributed by atoms with E-state index in [0.29, 0.717) is 24.5 Å². The van der Waals surface area contributed by atoms with Crippen molar-refractivity contribution in [1.82, 2.24) is 19.7 Å². The van der Waals surface area contributed by atoms with E-state index in [2.05, 4.69) is 15.1 Å². The largest absolute Gasteiger partial charge is 0.481 e. The average molecular weight is 420 g/mol. The van der Waals surface area contributed by atoms with E-state index < -0.39 is 0 Å². The Morgan fingerprint density at radius 3 is 2.77 bits per heavy atom. The number of aromatic nitrogens is 4. The van der Waals surface area contributed by atoms with Crippen LogP contribution in [-0.2, 0) is 9.47 Å². The quantitative estimate of drug-likeness (QED) is 0.545. The number of ether oxygens (including phenoxy) is 3. The molecule has 0 spiro atoms. The lowest BCUT2D eigenvalue weighted by Crippen LogP contribution is -2.25. The molecule has 4 heterocycles. The molecular weight excluding hydrogens is 396 g/mol. The van der Waals surface area contributed by atoms with Crippen LogP contribution in [0, 0.1) is 13.8 Å². The first-order valence-electron chi connectivity index (χ1n) is 10.2. The molecule has 8 heteroatoms. The lowest BCUT2D eigenvalue weighted by molar-refractivity contribution is 0.0673. The third-order valence-electron chi connectivity index (χ3n) is 5.97. The number of nitrogens with one attached hydrogen (secondary N) is 1. The number of benzene rings is 1. The molecule has 1 aliphatic heterocycles. The first-order chi connectivity index (χ1) is 15.0. The fraction of sp³-hybridized carbons (Fsp3) is 0.348. The Hall–Kier alpha value is -3.23. The van der Waals surface area contributed by atoms with Crippen LogP contribution in [0.3, 0.4) is 0 Å². The fourth-order valence-electron chi connectivity index (χ4n) is 4.53. The van der Waals surface area contributed by atoms with Crippen LogP contribution in [0.4, 0.5) is 0 Å². The van der Waals surface area contributed by atoms with Crippen LogP contribution in [-0.4, -0.2) is 53.3 Å². The van der Waals surface area contributed by atoms with Gasteiger partial charge < -0.3 is 19.2 Å². The number of hydrogen-bond acceptors (Lipinski definition) is 6. The minimum absolute atomic E-state index is 0.0872. The number of hydrogen-bond donors (Lipinski definition) is 1. The monoisotopic (exact) mass is 420 g/mol. The van der Waals surface area contributed by atoms with Crippen LogP contribution >= 0.6 is 0 Å². The number of nitrogens with zero attached hydrogens (tertiary/aromatic N) is 3. The van der Waals surface area contributed by atoms with Gasteiger partial charge in [-0.25, -0.2) is 4.98 Å². The molecule has 1 aliphatic rings. The van der Waals surface area contributed by atoms with E-state index in [9.17, 15) is 4.79 Å². The smallest absolute Gasteiger partial charge is 0.259 e. The van der Waals surface area contributed by atoms with E-state index in [-0.39, 0.29) is 17.7 Å². The maximum Gasteiger partial charge on any atom is 0.259 e. The molecule has 1 N–H and O–H groups in total. The topological polar surface area (TPSA) is 91.3 Å². The lowest BCUT2D eigenvalue weighted by atomic mass is 9.99. The van der Waals surface area contributed by atoms with Gasteiger partial charge in [-0.3, -0.25) is 9.48 Å². The van der Waals surface area contributed by atoms with Gasteiger partial charge in [0.1, 0.15) is 12.1 Å². The van der Waals surface area contributed by atoms with Crippen LogP contribution in [0.25, 0.3) is 32.9 Å². The molecule has 0 radical (unpaired) electrons. The van der Waals surface area contributed by atoms with Gasteiger partial charge in [0.05, 0.1) is 42.9 Å². The fourth-order valence-corrected chi connectivity index (χ4v) is 4.53. The molecule has 160 valence electrons. The third-order valence-corrected chi connectivity index (χ3v) is 5.97. The molecule has 1 saturated heterocycles. The summed E-state index contributed by atoms with van der Waals surface area (Å²) in [6.45, 7) is 4.97. The molecule has 1 aromatic carbocycles. The van der Waals surface area contributed by atoms with Crippen molar-refractivity contribution < 1.29 is 14.2 Å². The Labute approximate surface area is 178 Å². The number of aromatic amines is 1. The number of pyridine rings is 2. The standard InChI is InChI=1S/C23H24N4O4/c1-12-7-13(2)25-23(30-4)20(12)14-5-6-15-17(8-14)26-22(28)16-9-24-27(21(15)16)18-10-31-11-19(18)29-3/h5-9,18-19H,10-11H2,1-4H3,(H,26,28)/t18-,19-/m1/s1. The van der Waals surface area contributed by atoms with Gasteiger partial charge in [0.25, 0.3) is 5.56 Å². The number of rotatable bonds is 4. The maximum atomic E-state index is 12.8. The molecule has 1 fully saturated rings. The number of H-pyrrole nitrogens is 1. The highest BCUT2D eigenvalue weighted by Gasteiger charge is 2.32. The number of methoxy groups -OCH3 is 2. The van der Waals surface area contributed by atoms with Gasteiger partial charge in [-0.05, 0) is 37.1 Å². The van der Waals surface area contributed by atoms with Crippen LogP contribution in [0.15, 0.2) is 35.3 Å². The van der Waals surface area contributed by atoms with E-state index in [0.717, 1.165) is 38.8 Å². The molecule has 0 aliphatic carbocycles. The number of fused-ring (bicyclic) bond motifs is 3. The van der Waals surface area contributed by atoms with Crippen molar-refractivity contribution in [1.29, 1.82) is 0 Å². The second-order valence-corrected chi connectivity index (χ2v) is 7.91. The Morgan fingerprint density at radius 2 is 2.00 bits per heavy atom. The number of aryl methyl sites for hydroxylation is 2. The molecule has 0 amide bonds. The summed E-state index contributed by atoms with van der Waals surface area (Å²) < 4.78 is 18.6. The Bertz CT molecular complexity index is 1360. The zero-order valence-electron chi connectivity index (χ0n) is 17.9. The summed E-state index contributed by atoms with van der Waals surface area (Å²) >= 11 is 0. The highest BCUT2D eigenvalue weighted by Crippen LogP contribution is 2.35. The van der Waals surface area contributed by atoms with Gasteiger partial charge in [0, 0.05) is 23.8 Å². The van der Waals surface area contributed by atoms with Crippen molar-refractivity contribution in [3.05, 3.63) is 52.1 Å². The van der Waals surface area contributed by atoms with E-state index in [1.54, 1.807) is 20.4 Å². The van der Waals surface area contributed by atoms with E-state index in [4.69, 9.17) is 14.2 Å². The lowest BCUT2D eigenvalue weighted by Gasteiger charge is -2.18. The molecule has 8 nitrogen and oxygen atoms in total. The second-order valence-electron chi connectivity index (χ2n) is 7.91. The summed E-state index contributed by atoms with van der Waals surface area (Å²) in [5, 5.41) is 5.99. The maximum absolute atomic E-state index is 12.8. The predicted octanol–water partition coefficient (Wildman–Crippen LogP) is 3.15. The summed E-state index contributed by atoms with van der Waals surface area (Å²) in [6, 6.07) is 7.94. The third kappa shape index (κ3) is 3.10. The molecule has 0 saturated carbocycles. The Kier molecular flexibility index (Phi) is 4.75. The van der Waals surface area contributed by atoms with Gasteiger partial charge in [-0.1, -0.05) is 12.1 Å². The SMILES string of the molecule is COc1nc(C)cc(C)c1-c1ccc2c(c1)[nH]c(=O)c1cnn([C@@H]3COC[C@H]3OC)c12. The van der Waals surface area contributed by atoms with E-state index in [1.165, 1.54) is 0 Å². The highest BCUT2D eigenvalue weighted by molar-refractivity contribution is 6.04. The minimum atomic E-state index is -0.176. The molecule has 0 bridgehead atoms. The Morgan fingerprint density at radius 1 is 1.16 bits per heavy atom. The summed E-state index contributed by atoms with van der Waals surface area (Å²) in [5.41, 5.74) is 5.12. The zero-order valence-corrected chi connectivity index (χ0v) is 17.9. The molecule has 4 aromatic rings. The van der Waals surface area contributed by atoms with Crippen molar-refractivity contribution >= 4 is 21.8 Å². The van der Waals surface area contributed by atoms with Crippen molar-refractivity contribution in [2.75, 3.05) is 27.4 Å². The van der Waals surface area contributed by atoms with E-state index in [1.807, 2.05) is 42.8 Å². The van der Waals surface area contributed by atoms with Gasteiger partial charge in [-0.15, -0.1) is 0 Å². The summed E-state index contributed by atoms with van der Waals surface area (Å²) in [5.74, 6) is 0.566. The summed E-state index contributed by atoms with van der Waals surface area (Å²) in [6.07, 6.45) is 1.51. The predicted molar refractivity (Wildman–Crippen MR) is 118 cm³/mol. The summed E-state index contributed by atoms with van der Waals surface area (Å²) in [7, 11) is 3.28. The van der Waals surface area contributed by atoms with Crippen LogP contribution in [0.5, 0.6) is 5.88 Å². The normalized spacial score (nSPS) is 18.8. The van der Waals surface area contributed by atoms with E-state index >= 15 is 0 Å². The van der Waals surface area contributed by atoms with Crippen molar-refractivity contribution in [3.8, 4) is 17.0 Å². The van der Waals surface area contributed by atoms with Crippen LogP contribution in [0.2, 0.25) is 0 Å². The highest BCUT2D eigenvalue weighted by atomic mass is 16.5. The van der Waals surface area contributed by atoms with Gasteiger partial charge in [0.2, 0.25) is 5.88 Å². The molecular formula is C23H24N4O4. The van der Waals surface area contributed by atoms with Crippen LogP contribution in [0.1, 0.15) is 17.3 Å². The average Bonchev–Trinajstić information content (AvgIpc) is 3.39. The second kappa shape index (κ2) is 7.47. The minimum Gasteiger partial charge on any atom is -0.481 e. The van der Waals surface area contributed by atoms with Gasteiger partial charge >= 0.3 is 0 Å². The van der Waals surface area contributed by atoms with Crippen molar-refractivity contribution in [3.63, 3.8) is 0 Å². The van der Waals surface area contributed by atoms with Gasteiger partial charge in [0.15, 0.2) is 0 Å². The molecule has 3 aromatic heterocycles. The molecule has 31 heavy (non-hydrogen) atoms. The first kappa shape index (κ1) is 19.7. The molecule has 2 atom stereocenters. The van der Waals surface area contributed by atoms with Crippen LogP contribution < -0.4 is 10.3 Å². The zero-order chi connectivity index (χ0) is 21.7. The molecule has 5 rings (SSSR count). The Balaban J connectivity index is 1.74.